The molecule has 2 rings (SSSR count). The van der Waals surface area contributed by atoms with Crippen LogP contribution in [0, 0.1) is 0 Å². The average Bonchev–Trinajstić information content (AvgIpc) is 2.78. The number of rotatable bonds is 3. The van der Waals surface area contributed by atoms with Crippen molar-refractivity contribution in [2.75, 3.05) is 12.4 Å². The fourth-order valence-electron chi connectivity index (χ4n) is 1.13. The summed E-state index contributed by atoms with van der Waals surface area (Å²) in [4.78, 5) is 11.8. The van der Waals surface area contributed by atoms with Gasteiger partial charge in [0.25, 0.3) is 5.89 Å². The summed E-state index contributed by atoms with van der Waals surface area (Å²) in [6.07, 6.45) is 0. The van der Waals surface area contributed by atoms with Gasteiger partial charge in [-0.15, -0.1) is 5.10 Å². The van der Waals surface area contributed by atoms with Gasteiger partial charge >= 0.3 is 6.01 Å². The Labute approximate surface area is 86.1 Å². The Balaban J connectivity index is 2.29. The maximum absolute atomic E-state index is 11.8. The van der Waals surface area contributed by atoms with Crippen LogP contribution in [0.4, 0.5) is 6.01 Å². The fraction of sp³-hybridized carbons (Fsp3) is 0.100. The number of hydrogen-bond donors (Lipinski definition) is 1. The summed E-state index contributed by atoms with van der Waals surface area (Å²) < 4.78 is 5.07. The number of ketones is 1. The normalized spacial score (nSPS) is 9.93. The van der Waals surface area contributed by atoms with Crippen molar-refractivity contribution in [1.82, 2.24) is 10.2 Å². The van der Waals surface area contributed by atoms with Gasteiger partial charge in [0.1, 0.15) is 0 Å². The predicted molar refractivity (Wildman–Crippen MR) is 53.7 cm³/mol. The Morgan fingerprint density at radius 2 is 2.00 bits per heavy atom. The molecule has 0 saturated carbocycles. The standard InChI is InChI=1S/C10H9N3O2/c1-11-10-13-12-9(15-10)8(14)7-5-3-2-4-6-7/h2-6H,1H3,(H,11,13). The van der Waals surface area contributed by atoms with Crippen molar-refractivity contribution in [2.45, 2.75) is 0 Å². The largest absolute Gasteiger partial charge is 0.400 e. The first-order valence-corrected chi connectivity index (χ1v) is 4.42. The molecular formula is C10H9N3O2. The summed E-state index contributed by atoms with van der Waals surface area (Å²) in [5, 5.41) is 9.93. The number of hydrogen-bond acceptors (Lipinski definition) is 5. The zero-order valence-electron chi connectivity index (χ0n) is 8.10. The van der Waals surface area contributed by atoms with Gasteiger partial charge in [0.2, 0.25) is 5.78 Å². The maximum Gasteiger partial charge on any atom is 0.315 e. The van der Waals surface area contributed by atoms with Crippen molar-refractivity contribution in [3.8, 4) is 0 Å². The highest BCUT2D eigenvalue weighted by molar-refractivity contribution is 6.05. The van der Waals surface area contributed by atoms with Crippen molar-refractivity contribution >= 4 is 11.8 Å². The number of anilines is 1. The Kier molecular flexibility index (Phi) is 2.45. The van der Waals surface area contributed by atoms with Crippen molar-refractivity contribution in [3.05, 3.63) is 41.8 Å². The third kappa shape index (κ3) is 1.85. The number of aromatic nitrogens is 2. The highest BCUT2D eigenvalue weighted by atomic mass is 16.4. The van der Waals surface area contributed by atoms with Gasteiger partial charge in [-0.2, -0.15) is 0 Å². The van der Waals surface area contributed by atoms with Crippen molar-refractivity contribution in [3.63, 3.8) is 0 Å². The third-order valence-corrected chi connectivity index (χ3v) is 1.87. The lowest BCUT2D eigenvalue weighted by Crippen LogP contribution is -2.00. The second-order valence-electron chi connectivity index (χ2n) is 2.86. The molecular weight excluding hydrogens is 194 g/mol. The summed E-state index contributed by atoms with van der Waals surface area (Å²) >= 11 is 0. The van der Waals surface area contributed by atoms with E-state index in [1.165, 1.54) is 0 Å². The van der Waals surface area contributed by atoms with Crippen molar-refractivity contribution in [2.24, 2.45) is 0 Å². The number of nitrogens with zero attached hydrogens (tertiary/aromatic N) is 2. The lowest BCUT2D eigenvalue weighted by molar-refractivity contribution is 0.100. The first-order valence-electron chi connectivity index (χ1n) is 4.42. The predicted octanol–water partition coefficient (Wildman–Crippen LogP) is 1.34. The van der Waals surface area contributed by atoms with E-state index in [0.29, 0.717) is 5.56 Å². The molecule has 15 heavy (non-hydrogen) atoms. The van der Waals surface area contributed by atoms with Crippen LogP contribution in [0.25, 0.3) is 0 Å². The van der Waals surface area contributed by atoms with E-state index >= 15 is 0 Å². The number of benzene rings is 1. The van der Waals surface area contributed by atoms with E-state index in [4.69, 9.17) is 4.42 Å². The molecule has 0 bridgehead atoms. The van der Waals surface area contributed by atoms with Crippen LogP contribution in [-0.2, 0) is 0 Å². The van der Waals surface area contributed by atoms with Crippen molar-refractivity contribution in [1.29, 1.82) is 0 Å². The lowest BCUT2D eigenvalue weighted by atomic mass is 10.1. The highest BCUT2D eigenvalue weighted by Gasteiger charge is 2.15. The molecule has 1 heterocycles. The minimum atomic E-state index is -0.274. The van der Waals surface area contributed by atoms with Crippen LogP contribution in [0.15, 0.2) is 34.7 Å². The van der Waals surface area contributed by atoms with E-state index in [-0.39, 0.29) is 17.7 Å². The average molecular weight is 203 g/mol. The van der Waals surface area contributed by atoms with Gasteiger partial charge < -0.3 is 9.73 Å². The summed E-state index contributed by atoms with van der Waals surface area (Å²) in [5.74, 6) is -0.282. The van der Waals surface area contributed by atoms with Crippen LogP contribution in [0.5, 0.6) is 0 Å². The molecule has 0 unspecified atom stereocenters. The van der Waals surface area contributed by atoms with Crippen LogP contribution in [-0.4, -0.2) is 23.0 Å². The molecule has 76 valence electrons. The zero-order valence-corrected chi connectivity index (χ0v) is 8.10. The molecule has 0 aliphatic carbocycles. The molecule has 0 atom stereocenters. The van der Waals surface area contributed by atoms with Crippen LogP contribution < -0.4 is 5.32 Å². The van der Waals surface area contributed by atoms with Gasteiger partial charge in [-0.05, 0) is 0 Å². The fourth-order valence-corrected chi connectivity index (χ4v) is 1.13. The second-order valence-corrected chi connectivity index (χ2v) is 2.86. The SMILES string of the molecule is CNc1nnc(C(=O)c2ccccc2)o1. The molecule has 1 aromatic carbocycles. The molecule has 0 saturated heterocycles. The molecule has 0 amide bonds. The van der Waals surface area contributed by atoms with E-state index < -0.39 is 0 Å². The molecule has 0 spiro atoms. The summed E-state index contributed by atoms with van der Waals surface area (Å²) in [6, 6.07) is 9.03. The van der Waals surface area contributed by atoms with Gasteiger partial charge in [0.15, 0.2) is 0 Å². The van der Waals surface area contributed by atoms with Crippen LogP contribution >= 0.6 is 0 Å². The summed E-state index contributed by atoms with van der Waals surface area (Å²) in [7, 11) is 1.64. The second kappa shape index (κ2) is 3.91. The number of carbonyl (C=O) groups excluding carboxylic acids is 1. The van der Waals surface area contributed by atoms with Gasteiger partial charge in [0.05, 0.1) is 0 Å². The first kappa shape index (κ1) is 9.39. The van der Waals surface area contributed by atoms with Crippen LogP contribution in [0.1, 0.15) is 16.2 Å². The maximum atomic E-state index is 11.8. The monoisotopic (exact) mass is 203 g/mol. The van der Waals surface area contributed by atoms with E-state index in [2.05, 4.69) is 15.5 Å². The number of nitrogens with one attached hydrogen (secondary N) is 1. The Morgan fingerprint density at radius 1 is 1.27 bits per heavy atom. The molecule has 0 radical (unpaired) electrons. The molecule has 5 nitrogen and oxygen atoms in total. The Hall–Kier alpha value is -2.17. The third-order valence-electron chi connectivity index (χ3n) is 1.87. The minimum Gasteiger partial charge on any atom is -0.400 e. The molecule has 2 aromatic rings. The molecule has 1 N–H and O–H groups in total. The minimum absolute atomic E-state index is 0.00875. The summed E-state index contributed by atoms with van der Waals surface area (Å²) in [6.45, 7) is 0. The van der Waals surface area contributed by atoms with E-state index in [9.17, 15) is 4.79 Å². The van der Waals surface area contributed by atoms with E-state index in [1.807, 2.05) is 6.07 Å². The molecule has 5 heteroatoms. The van der Waals surface area contributed by atoms with Crippen LogP contribution in [0.2, 0.25) is 0 Å². The molecule has 1 aromatic heterocycles. The number of carbonyl (C=O) groups is 1. The molecule has 0 aliphatic rings. The first-order chi connectivity index (χ1) is 7.31. The zero-order chi connectivity index (χ0) is 10.7. The smallest absolute Gasteiger partial charge is 0.315 e. The Morgan fingerprint density at radius 3 is 2.60 bits per heavy atom. The summed E-state index contributed by atoms with van der Waals surface area (Å²) in [5.41, 5.74) is 0.531. The molecule has 0 aliphatic heterocycles. The quantitative estimate of drug-likeness (QED) is 0.762. The molecule has 0 fully saturated rings. The van der Waals surface area contributed by atoms with Gasteiger partial charge in [-0.1, -0.05) is 35.4 Å². The van der Waals surface area contributed by atoms with Crippen LogP contribution in [0.3, 0.4) is 0 Å². The van der Waals surface area contributed by atoms with E-state index in [0.717, 1.165) is 0 Å². The topological polar surface area (TPSA) is 68.0 Å². The van der Waals surface area contributed by atoms with Gasteiger partial charge in [-0.3, -0.25) is 4.79 Å². The van der Waals surface area contributed by atoms with Gasteiger partial charge in [0, 0.05) is 12.6 Å². The van der Waals surface area contributed by atoms with E-state index in [1.54, 1.807) is 31.3 Å². The Bertz CT molecular complexity index is 465. The van der Waals surface area contributed by atoms with Gasteiger partial charge in [-0.25, -0.2) is 0 Å². The van der Waals surface area contributed by atoms with Crippen molar-refractivity contribution < 1.29 is 9.21 Å². The highest BCUT2D eigenvalue weighted by Crippen LogP contribution is 2.10. The lowest BCUT2D eigenvalue weighted by Gasteiger charge is -1.93.